The largest absolute Gasteiger partial charge is 0.497 e. The molecule has 0 spiro atoms. The predicted molar refractivity (Wildman–Crippen MR) is 158 cm³/mol. The summed E-state index contributed by atoms with van der Waals surface area (Å²) in [5.74, 6) is 2.00. The Labute approximate surface area is 224 Å². The summed E-state index contributed by atoms with van der Waals surface area (Å²) in [5, 5.41) is 1.19. The van der Waals surface area contributed by atoms with Gasteiger partial charge in [-0.1, -0.05) is 66.2 Å². The van der Waals surface area contributed by atoms with E-state index in [-0.39, 0.29) is 11.7 Å². The molecule has 2 aromatic carbocycles. The molecular weight excluding hydrogens is 460 g/mol. The summed E-state index contributed by atoms with van der Waals surface area (Å²) in [7, 11) is 5.47. The number of carbonyl (C=O) groups is 2. The summed E-state index contributed by atoms with van der Waals surface area (Å²) in [6.45, 7) is 12.3. The van der Waals surface area contributed by atoms with Gasteiger partial charge in [0.05, 0.1) is 7.11 Å². The summed E-state index contributed by atoms with van der Waals surface area (Å²) in [6, 6.07) is 15.7. The van der Waals surface area contributed by atoms with E-state index in [9.17, 15) is 9.59 Å². The molecule has 0 bridgehead atoms. The lowest BCUT2D eigenvalue weighted by Gasteiger charge is -2.19. The van der Waals surface area contributed by atoms with E-state index in [1.165, 1.54) is 10.9 Å². The molecule has 1 atom stereocenters. The molecule has 37 heavy (non-hydrogen) atoms. The molecule has 5 heteroatoms. The van der Waals surface area contributed by atoms with Gasteiger partial charge in [-0.2, -0.15) is 0 Å². The van der Waals surface area contributed by atoms with Gasteiger partial charge in [-0.3, -0.25) is 9.59 Å². The summed E-state index contributed by atoms with van der Waals surface area (Å²) >= 11 is 0. The van der Waals surface area contributed by atoms with E-state index in [4.69, 9.17) is 4.74 Å². The van der Waals surface area contributed by atoms with Crippen LogP contribution < -0.4 is 9.64 Å². The number of ether oxygens (including phenoxy) is 1. The second kappa shape index (κ2) is 16.4. The van der Waals surface area contributed by atoms with Crippen LogP contribution in [0.5, 0.6) is 5.75 Å². The normalized spacial score (nSPS) is 11.4. The fraction of sp³-hybridized carbons (Fsp3) is 0.438. The molecule has 5 nitrogen and oxygen atoms in total. The SMILES string of the molecule is CC.CC(C)CC(=O)/C=C/c1cn(C)c2ccccc12.CCC(C)CC(=O)N(C)c1ccc(OC)cc1. The summed E-state index contributed by atoms with van der Waals surface area (Å²) in [6.07, 6.45) is 7.92. The third-order valence-electron chi connectivity index (χ3n) is 6.04. The molecule has 0 saturated heterocycles. The number of amides is 1. The van der Waals surface area contributed by atoms with Crippen LogP contribution in [0.15, 0.2) is 60.8 Å². The first-order valence-electron chi connectivity index (χ1n) is 13.3. The highest BCUT2D eigenvalue weighted by Crippen LogP contribution is 2.22. The van der Waals surface area contributed by atoms with Gasteiger partial charge in [0, 0.05) is 55.3 Å². The van der Waals surface area contributed by atoms with E-state index >= 15 is 0 Å². The molecule has 3 rings (SSSR count). The third-order valence-corrected chi connectivity index (χ3v) is 6.04. The molecule has 0 aliphatic heterocycles. The van der Waals surface area contributed by atoms with E-state index in [1.54, 1.807) is 18.1 Å². The lowest BCUT2D eigenvalue weighted by molar-refractivity contribution is -0.119. The number of carbonyl (C=O) groups excluding carboxylic acids is 2. The fourth-order valence-corrected chi connectivity index (χ4v) is 3.69. The molecule has 0 radical (unpaired) electrons. The number of ketones is 1. The highest BCUT2D eigenvalue weighted by Gasteiger charge is 2.13. The number of aryl methyl sites for hydroxylation is 1. The van der Waals surface area contributed by atoms with E-state index in [0.29, 0.717) is 24.7 Å². The average molecular weight is 507 g/mol. The number of para-hydroxylation sites is 1. The van der Waals surface area contributed by atoms with Gasteiger partial charge in [-0.25, -0.2) is 0 Å². The Morgan fingerprint density at radius 3 is 2.19 bits per heavy atom. The van der Waals surface area contributed by atoms with E-state index in [0.717, 1.165) is 23.4 Å². The zero-order valence-electron chi connectivity index (χ0n) is 24.2. The summed E-state index contributed by atoms with van der Waals surface area (Å²) in [5.41, 5.74) is 3.19. The van der Waals surface area contributed by atoms with Gasteiger partial charge in [0.2, 0.25) is 5.91 Å². The van der Waals surface area contributed by atoms with Crippen LogP contribution in [0.2, 0.25) is 0 Å². The quantitative estimate of drug-likeness (QED) is 0.277. The molecule has 202 valence electrons. The van der Waals surface area contributed by atoms with Crippen molar-refractivity contribution in [2.75, 3.05) is 19.1 Å². The number of methoxy groups -OCH3 is 1. The predicted octanol–water partition coefficient (Wildman–Crippen LogP) is 7.93. The van der Waals surface area contributed by atoms with Crippen LogP contribution in [-0.2, 0) is 16.6 Å². The number of hydrogen-bond acceptors (Lipinski definition) is 3. The molecule has 1 unspecified atom stereocenters. The minimum absolute atomic E-state index is 0.157. The van der Waals surface area contributed by atoms with E-state index in [1.807, 2.05) is 70.4 Å². The first-order chi connectivity index (χ1) is 17.7. The van der Waals surface area contributed by atoms with E-state index in [2.05, 4.69) is 50.6 Å². The van der Waals surface area contributed by atoms with Gasteiger partial charge < -0.3 is 14.2 Å². The Morgan fingerprint density at radius 1 is 1.00 bits per heavy atom. The minimum Gasteiger partial charge on any atom is -0.497 e. The number of benzene rings is 2. The molecule has 0 aliphatic carbocycles. The first kappa shape index (κ1) is 31.7. The van der Waals surface area contributed by atoms with Crippen molar-refractivity contribution in [3.8, 4) is 5.75 Å². The minimum atomic E-state index is 0.157. The number of allylic oxidation sites excluding steroid dienone is 1. The van der Waals surface area contributed by atoms with Crippen molar-refractivity contribution < 1.29 is 14.3 Å². The number of rotatable bonds is 9. The highest BCUT2D eigenvalue weighted by atomic mass is 16.5. The smallest absolute Gasteiger partial charge is 0.226 e. The standard InChI is InChI=1S/C16H19NO.C14H21NO2.C2H6/c1-12(2)10-14(18)9-8-13-11-17(3)16-7-5-4-6-15(13)16;1-5-11(2)10-14(16)15(3)12-6-8-13(17-4)9-7-12;1-2/h4-9,11-12H,10H2,1-3H3;6-9,11H,5,10H2,1-4H3;1-2H3/b9-8+;;. The Hall–Kier alpha value is -3.34. The zero-order valence-corrected chi connectivity index (χ0v) is 24.2. The Balaban J connectivity index is 0.000000348. The van der Waals surface area contributed by atoms with Crippen molar-refractivity contribution in [1.29, 1.82) is 0 Å². The van der Waals surface area contributed by atoms with Gasteiger partial charge in [0.25, 0.3) is 0 Å². The lowest BCUT2D eigenvalue weighted by atomic mass is 10.0. The number of fused-ring (bicyclic) bond motifs is 1. The van der Waals surface area contributed by atoms with Gasteiger partial charge in [0.15, 0.2) is 5.78 Å². The van der Waals surface area contributed by atoms with Crippen LogP contribution in [0.1, 0.15) is 66.4 Å². The number of hydrogen-bond donors (Lipinski definition) is 0. The molecule has 1 aromatic heterocycles. The number of anilines is 1. The lowest BCUT2D eigenvalue weighted by Crippen LogP contribution is -2.27. The van der Waals surface area contributed by atoms with Crippen molar-refractivity contribution in [2.45, 2.75) is 60.8 Å². The third kappa shape index (κ3) is 10.3. The number of aromatic nitrogens is 1. The number of nitrogens with zero attached hydrogens (tertiary/aromatic N) is 2. The maximum absolute atomic E-state index is 12.0. The molecular formula is C32H46N2O3. The molecule has 0 N–H and O–H groups in total. The molecule has 1 heterocycles. The molecule has 0 saturated carbocycles. The second-order valence-corrected chi connectivity index (χ2v) is 9.48. The maximum Gasteiger partial charge on any atom is 0.226 e. The van der Waals surface area contributed by atoms with Crippen LogP contribution >= 0.6 is 0 Å². The van der Waals surface area contributed by atoms with Crippen LogP contribution in [0.25, 0.3) is 17.0 Å². The van der Waals surface area contributed by atoms with Crippen LogP contribution in [0.3, 0.4) is 0 Å². The van der Waals surface area contributed by atoms with Crippen LogP contribution in [0.4, 0.5) is 5.69 Å². The van der Waals surface area contributed by atoms with Crippen LogP contribution in [0, 0.1) is 11.8 Å². The second-order valence-electron chi connectivity index (χ2n) is 9.48. The molecule has 0 aliphatic rings. The van der Waals surface area contributed by atoms with Crippen LogP contribution in [-0.4, -0.2) is 30.4 Å². The highest BCUT2D eigenvalue weighted by molar-refractivity contribution is 5.97. The Morgan fingerprint density at radius 2 is 1.62 bits per heavy atom. The van der Waals surface area contributed by atoms with Crippen molar-refractivity contribution in [1.82, 2.24) is 4.57 Å². The Bertz CT molecular complexity index is 1130. The average Bonchev–Trinajstić information content (AvgIpc) is 3.23. The van der Waals surface area contributed by atoms with Crippen molar-refractivity contribution in [3.63, 3.8) is 0 Å². The summed E-state index contributed by atoms with van der Waals surface area (Å²) < 4.78 is 7.17. The topological polar surface area (TPSA) is 51.5 Å². The van der Waals surface area contributed by atoms with Crippen molar-refractivity contribution >= 4 is 34.4 Å². The van der Waals surface area contributed by atoms with Gasteiger partial charge in [0.1, 0.15) is 5.75 Å². The maximum atomic E-state index is 12.0. The molecule has 3 aromatic rings. The fourth-order valence-electron chi connectivity index (χ4n) is 3.69. The molecule has 1 amide bonds. The zero-order chi connectivity index (χ0) is 28.0. The summed E-state index contributed by atoms with van der Waals surface area (Å²) in [4.78, 5) is 25.3. The van der Waals surface area contributed by atoms with Crippen molar-refractivity contribution in [2.24, 2.45) is 18.9 Å². The van der Waals surface area contributed by atoms with Crippen molar-refractivity contribution in [3.05, 3.63) is 66.4 Å². The first-order valence-corrected chi connectivity index (χ1v) is 13.3. The van der Waals surface area contributed by atoms with Gasteiger partial charge in [-0.15, -0.1) is 0 Å². The van der Waals surface area contributed by atoms with E-state index < -0.39 is 0 Å². The van der Waals surface area contributed by atoms with Gasteiger partial charge in [-0.05, 0) is 54.3 Å². The molecule has 0 fully saturated rings. The Kier molecular flexibility index (Phi) is 14.1. The van der Waals surface area contributed by atoms with Gasteiger partial charge >= 0.3 is 0 Å². The monoisotopic (exact) mass is 506 g/mol.